The van der Waals surface area contributed by atoms with E-state index in [0.29, 0.717) is 11.6 Å². The van der Waals surface area contributed by atoms with Gasteiger partial charge in [-0.05, 0) is 23.6 Å². The standard InChI is InChI=1S/C14H17N3O3/c1-9(2)10-4-6-11(7-5-10)17-12(8-20-3)13(14(18)19)15-16-17/h4-7,9H,8H2,1-3H3,(H,18,19). The molecule has 0 aliphatic carbocycles. The average Bonchev–Trinajstić information content (AvgIpc) is 2.83. The van der Waals surface area contributed by atoms with Crippen molar-refractivity contribution in [3.63, 3.8) is 0 Å². The fourth-order valence-electron chi connectivity index (χ4n) is 1.94. The van der Waals surface area contributed by atoms with Crippen LogP contribution in [0.4, 0.5) is 0 Å². The molecule has 0 aliphatic heterocycles. The molecule has 0 saturated carbocycles. The zero-order chi connectivity index (χ0) is 14.7. The van der Waals surface area contributed by atoms with Gasteiger partial charge >= 0.3 is 5.97 Å². The minimum absolute atomic E-state index is 0.0835. The summed E-state index contributed by atoms with van der Waals surface area (Å²) in [5, 5.41) is 16.7. The molecule has 106 valence electrons. The molecule has 1 aromatic carbocycles. The number of carboxylic acids is 1. The zero-order valence-corrected chi connectivity index (χ0v) is 11.7. The molecular weight excluding hydrogens is 258 g/mol. The van der Waals surface area contributed by atoms with Crippen LogP contribution >= 0.6 is 0 Å². The van der Waals surface area contributed by atoms with Gasteiger partial charge in [0.15, 0.2) is 5.69 Å². The Morgan fingerprint density at radius 1 is 1.35 bits per heavy atom. The number of carbonyl (C=O) groups is 1. The van der Waals surface area contributed by atoms with E-state index < -0.39 is 5.97 Å². The van der Waals surface area contributed by atoms with Crippen molar-refractivity contribution in [3.05, 3.63) is 41.2 Å². The van der Waals surface area contributed by atoms with Gasteiger partial charge in [0.2, 0.25) is 0 Å². The van der Waals surface area contributed by atoms with E-state index in [2.05, 4.69) is 24.2 Å². The van der Waals surface area contributed by atoms with Crippen molar-refractivity contribution in [2.45, 2.75) is 26.4 Å². The Labute approximate surface area is 117 Å². The Morgan fingerprint density at radius 3 is 2.50 bits per heavy atom. The fraction of sp³-hybridized carbons (Fsp3) is 0.357. The van der Waals surface area contributed by atoms with E-state index in [9.17, 15) is 4.79 Å². The molecule has 6 heteroatoms. The van der Waals surface area contributed by atoms with Crippen molar-refractivity contribution < 1.29 is 14.6 Å². The maximum Gasteiger partial charge on any atom is 0.358 e. The van der Waals surface area contributed by atoms with E-state index in [1.54, 1.807) is 0 Å². The van der Waals surface area contributed by atoms with Gasteiger partial charge in [-0.15, -0.1) is 5.10 Å². The van der Waals surface area contributed by atoms with Crippen molar-refractivity contribution in [1.82, 2.24) is 15.0 Å². The molecule has 2 rings (SSSR count). The van der Waals surface area contributed by atoms with Gasteiger partial charge < -0.3 is 9.84 Å². The SMILES string of the molecule is COCc1c(C(=O)O)nnn1-c1ccc(C(C)C)cc1. The first-order valence-electron chi connectivity index (χ1n) is 6.31. The van der Waals surface area contributed by atoms with Crippen LogP contribution in [-0.4, -0.2) is 33.2 Å². The van der Waals surface area contributed by atoms with Gasteiger partial charge in [-0.25, -0.2) is 9.48 Å². The second-order valence-electron chi connectivity index (χ2n) is 4.78. The normalized spacial score (nSPS) is 11.0. The highest BCUT2D eigenvalue weighted by molar-refractivity contribution is 5.86. The molecule has 0 amide bonds. The Kier molecular flexibility index (Phi) is 4.14. The van der Waals surface area contributed by atoms with E-state index in [1.165, 1.54) is 17.4 Å². The summed E-state index contributed by atoms with van der Waals surface area (Å²) in [6, 6.07) is 7.79. The third-order valence-corrected chi connectivity index (χ3v) is 3.05. The van der Waals surface area contributed by atoms with Crippen LogP contribution in [0.5, 0.6) is 0 Å². The summed E-state index contributed by atoms with van der Waals surface area (Å²) in [7, 11) is 1.50. The molecular formula is C14H17N3O3. The molecule has 0 unspecified atom stereocenters. The number of hydrogen-bond donors (Lipinski definition) is 1. The molecule has 0 fully saturated rings. The lowest BCUT2D eigenvalue weighted by Gasteiger charge is -2.09. The highest BCUT2D eigenvalue weighted by Gasteiger charge is 2.19. The Balaban J connectivity index is 2.43. The first-order chi connectivity index (χ1) is 9.54. The first kappa shape index (κ1) is 14.2. The third-order valence-electron chi connectivity index (χ3n) is 3.05. The summed E-state index contributed by atoms with van der Waals surface area (Å²) in [5.41, 5.74) is 2.32. The fourth-order valence-corrected chi connectivity index (χ4v) is 1.94. The Hall–Kier alpha value is -2.21. The Bertz CT molecular complexity index is 603. The smallest absolute Gasteiger partial charge is 0.358 e. The van der Waals surface area contributed by atoms with Crippen molar-refractivity contribution in [2.24, 2.45) is 0 Å². The van der Waals surface area contributed by atoms with Crippen molar-refractivity contribution in [1.29, 1.82) is 0 Å². The zero-order valence-electron chi connectivity index (χ0n) is 11.7. The van der Waals surface area contributed by atoms with E-state index >= 15 is 0 Å². The summed E-state index contributed by atoms with van der Waals surface area (Å²) in [5.74, 6) is -0.671. The van der Waals surface area contributed by atoms with Gasteiger partial charge in [0.25, 0.3) is 0 Å². The molecule has 1 aromatic heterocycles. The molecule has 1 N–H and O–H groups in total. The number of aromatic carboxylic acids is 1. The number of methoxy groups -OCH3 is 1. The number of nitrogens with zero attached hydrogens (tertiary/aromatic N) is 3. The summed E-state index contributed by atoms with van der Waals surface area (Å²) >= 11 is 0. The highest BCUT2D eigenvalue weighted by atomic mass is 16.5. The van der Waals surface area contributed by atoms with E-state index in [-0.39, 0.29) is 12.3 Å². The predicted molar refractivity (Wildman–Crippen MR) is 73.1 cm³/mol. The first-order valence-corrected chi connectivity index (χ1v) is 6.31. The average molecular weight is 275 g/mol. The number of carboxylic acid groups (broad SMARTS) is 1. The van der Waals surface area contributed by atoms with Crippen LogP contribution in [-0.2, 0) is 11.3 Å². The van der Waals surface area contributed by atoms with Gasteiger partial charge in [-0.2, -0.15) is 0 Å². The molecule has 0 aliphatic rings. The molecule has 0 bridgehead atoms. The lowest BCUT2D eigenvalue weighted by atomic mass is 10.0. The molecule has 20 heavy (non-hydrogen) atoms. The molecule has 1 heterocycles. The van der Waals surface area contributed by atoms with Crippen LogP contribution in [0.3, 0.4) is 0 Å². The van der Waals surface area contributed by atoms with Crippen LogP contribution in [0.2, 0.25) is 0 Å². The van der Waals surface area contributed by atoms with Crippen LogP contribution < -0.4 is 0 Å². The van der Waals surface area contributed by atoms with Gasteiger partial charge in [-0.3, -0.25) is 0 Å². The van der Waals surface area contributed by atoms with Crippen LogP contribution in [0.15, 0.2) is 24.3 Å². The second-order valence-corrected chi connectivity index (χ2v) is 4.78. The van der Waals surface area contributed by atoms with E-state index in [4.69, 9.17) is 9.84 Å². The summed E-state index contributed by atoms with van der Waals surface area (Å²) in [6.07, 6.45) is 0. The van der Waals surface area contributed by atoms with Crippen LogP contribution in [0, 0.1) is 0 Å². The van der Waals surface area contributed by atoms with Gasteiger partial charge in [0.05, 0.1) is 12.3 Å². The summed E-state index contributed by atoms with van der Waals surface area (Å²) < 4.78 is 6.53. The van der Waals surface area contributed by atoms with Crippen molar-refractivity contribution in [3.8, 4) is 5.69 Å². The van der Waals surface area contributed by atoms with E-state index in [1.807, 2.05) is 24.3 Å². The molecule has 6 nitrogen and oxygen atoms in total. The number of rotatable bonds is 5. The minimum atomic E-state index is -1.11. The highest BCUT2D eigenvalue weighted by Crippen LogP contribution is 2.18. The minimum Gasteiger partial charge on any atom is -0.476 e. The lowest BCUT2D eigenvalue weighted by Crippen LogP contribution is -2.08. The largest absolute Gasteiger partial charge is 0.476 e. The van der Waals surface area contributed by atoms with Crippen LogP contribution in [0.1, 0.15) is 41.5 Å². The number of hydrogen-bond acceptors (Lipinski definition) is 4. The molecule has 2 aromatic rings. The van der Waals surface area contributed by atoms with Gasteiger partial charge in [-0.1, -0.05) is 31.2 Å². The van der Waals surface area contributed by atoms with E-state index in [0.717, 1.165) is 5.69 Å². The molecule has 0 saturated heterocycles. The molecule has 0 atom stereocenters. The summed E-state index contributed by atoms with van der Waals surface area (Å²) in [6.45, 7) is 4.37. The third kappa shape index (κ3) is 2.70. The second kappa shape index (κ2) is 5.83. The maximum atomic E-state index is 11.1. The van der Waals surface area contributed by atoms with Crippen molar-refractivity contribution in [2.75, 3.05) is 7.11 Å². The van der Waals surface area contributed by atoms with Gasteiger partial charge in [0.1, 0.15) is 5.69 Å². The Morgan fingerprint density at radius 2 is 2.00 bits per heavy atom. The van der Waals surface area contributed by atoms with Crippen molar-refractivity contribution >= 4 is 5.97 Å². The van der Waals surface area contributed by atoms with Crippen LogP contribution in [0.25, 0.3) is 5.69 Å². The topological polar surface area (TPSA) is 77.2 Å². The number of ether oxygens (including phenoxy) is 1. The number of aromatic nitrogens is 3. The predicted octanol–water partition coefficient (Wildman–Crippen LogP) is 2.24. The molecule has 0 spiro atoms. The number of benzene rings is 1. The quantitative estimate of drug-likeness (QED) is 0.905. The monoisotopic (exact) mass is 275 g/mol. The van der Waals surface area contributed by atoms with Gasteiger partial charge in [0, 0.05) is 7.11 Å². The lowest BCUT2D eigenvalue weighted by molar-refractivity contribution is 0.0685. The molecule has 0 radical (unpaired) electrons. The summed E-state index contributed by atoms with van der Waals surface area (Å²) in [4.78, 5) is 11.1. The maximum absolute atomic E-state index is 11.1.